The Labute approximate surface area is 127 Å². The highest BCUT2D eigenvalue weighted by Crippen LogP contribution is 2.15. The van der Waals surface area contributed by atoms with E-state index in [1.807, 2.05) is 6.07 Å². The number of H-pyrrole nitrogens is 1. The quantitative estimate of drug-likeness (QED) is 0.853. The molecule has 0 saturated carbocycles. The van der Waals surface area contributed by atoms with Crippen LogP contribution in [0.25, 0.3) is 5.69 Å². The molecule has 0 amide bonds. The van der Waals surface area contributed by atoms with E-state index in [0.29, 0.717) is 0 Å². The standard InChI is InChI=1S/C18H26N2O/c1-5-7-9-17-16(8-6-2)18(21)20(19-17)15-11-10-13(3)14(4)12-15/h10-12,19H,5-9H2,1-4H3. The van der Waals surface area contributed by atoms with Gasteiger partial charge in [0.2, 0.25) is 0 Å². The smallest absolute Gasteiger partial charge is 0.274 e. The Balaban J connectivity index is 2.48. The summed E-state index contributed by atoms with van der Waals surface area (Å²) in [6, 6.07) is 6.16. The van der Waals surface area contributed by atoms with Crippen molar-refractivity contribution in [2.24, 2.45) is 0 Å². The molecule has 0 saturated heterocycles. The molecular weight excluding hydrogens is 260 g/mol. The summed E-state index contributed by atoms with van der Waals surface area (Å²) < 4.78 is 1.71. The predicted molar refractivity (Wildman–Crippen MR) is 88.5 cm³/mol. The summed E-state index contributed by atoms with van der Waals surface area (Å²) in [5.74, 6) is 0. The molecule has 0 atom stereocenters. The van der Waals surface area contributed by atoms with E-state index in [9.17, 15) is 4.79 Å². The molecule has 0 spiro atoms. The lowest BCUT2D eigenvalue weighted by molar-refractivity contribution is 0.743. The van der Waals surface area contributed by atoms with Crippen LogP contribution in [0.15, 0.2) is 23.0 Å². The van der Waals surface area contributed by atoms with Gasteiger partial charge in [0, 0.05) is 11.3 Å². The van der Waals surface area contributed by atoms with Crippen molar-refractivity contribution in [2.75, 3.05) is 0 Å². The van der Waals surface area contributed by atoms with Crippen molar-refractivity contribution in [3.63, 3.8) is 0 Å². The van der Waals surface area contributed by atoms with Crippen molar-refractivity contribution in [1.29, 1.82) is 0 Å². The minimum atomic E-state index is 0.117. The first kappa shape index (κ1) is 15.6. The average Bonchev–Trinajstić information content (AvgIpc) is 2.77. The van der Waals surface area contributed by atoms with E-state index in [1.54, 1.807) is 4.68 Å². The molecule has 0 aliphatic heterocycles. The van der Waals surface area contributed by atoms with Crippen LogP contribution < -0.4 is 5.56 Å². The third-order valence-electron chi connectivity index (χ3n) is 4.10. The van der Waals surface area contributed by atoms with E-state index in [-0.39, 0.29) is 5.56 Å². The van der Waals surface area contributed by atoms with Crippen molar-refractivity contribution >= 4 is 0 Å². The number of aryl methyl sites for hydroxylation is 3. The van der Waals surface area contributed by atoms with Gasteiger partial charge in [-0.15, -0.1) is 0 Å². The molecule has 3 heteroatoms. The van der Waals surface area contributed by atoms with Gasteiger partial charge in [0.25, 0.3) is 5.56 Å². The van der Waals surface area contributed by atoms with Crippen LogP contribution >= 0.6 is 0 Å². The van der Waals surface area contributed by atoms with E-state index < -0.39 is 0 Å². The highest BCUT2D eigenvalue weighted by atomic mass is 16.1. The molecule has 2 rings (SSSR count). The Kier molecular flexibility index (Phi) is 5.05. The fourth-order valence-electron chi connectivity index (χ4n) is 2.63. The Morgan fingerprint density at radius 3 is 2.43 bits per heavy atom. The van der Waals surface area contributed by atoms with Crippen molar-refractivity contribution in [2.45, 2.75) is 59.8 Å². The van der Waals surface area contributed by atoms with Crippen molar-refractivity contribution in [3.05, 3.63) is 50.9 Å². The molecule has 0 bridgehead atoms. The average molecular weight is 286 g/mol. The van der Waals surface area contributed by atoms with E-state index in [1.165, 1.54) is 11.1 Å². The largest absolute Gasteiger partial charge is 0.295 e. The summed E-state index contributed by atoms with van der Waals surface area (Å²) >= 11 is 0. The predicted octanol–water partition coefficient (Wildman–Crippen LogP) is 4.08. The van der Waals surface area contributed by atoms with Crippen LogP contribution in [0.5, 0.6) is 0 Å². The second kappa shape index (κ2) is 6.79. The van der Waals surface area contributed by atoms with Crippen molar-refractivity contribution in [3.8, 4) is 5.69 Å². The van der Waals surface area contributed by atoms with Crippen LogP contribution in [0.3, 0.4) is 0 Å². The molecular formula is C18H26N2O. The number of nitrogens with one attached hydrogen (secondary N) is 1. The van der Waals surface area contributed by atoms with Crippen LogP contribution in [-0.4, -0.2) is 9.78 Å². The third kappa shape index (κ3) is 3.29. The maximum absolute atomic E-state index is 12.7. The van der Waals surface area contributed by atoms with E-state index in [0.717, 1.165) is 49.0 Å². The lowest BCUT2D eigenvalue weighted by atomic mass is 10.1. The van der Waals surface area contributed by atoms with Crippen LogP contribution in [0.4, 0.5) is 0 Å². The summed E-state index contributed by atoms with van der Waals surface area (Å²) in [4.78, 5) is 12.7. The van der Waals surface area contributed by atoms with Gasteiger partial charge in [-0.25, -0.2) is 4.68 Å². The van der Waals surface area contributed by atoms with Gasteiger partial charge < -0.3 is 0 Å². The maximum Gasteiger partial charge on any atom is 0.274 e. The topological polar surface area (TPSA) is 37.8 Å². The third-order valence-corrected chi connectivity index (χ3v) is 4.10. The van der Waals surface area contributed by atoms with Gasteiger partial charge in [-0.05, 0) is 56.4 Å². The summed E-state index contributed by atoms with van der Waals surface area (Å²) in [5, 5.41) is 3.34. The molecule has 21 heavy (non-hydrogen) atoms. The lowest BCUT2D eigenvalue weighted by Gasteiger charge is -2.05. The number of aromatic amines is 1. The van der Waals surface area contributed by atoms with Crippen molar-refractivity contribution in [1.82, 2.24) is 9.78 Å². The Morgan fingerprint density at radius 1 is 1.05 bits per heavy atom. The van der Waals surface area contributed by atoms with Gasteiger partial charge in [0.05, 0.1) is 5.69 Å². The zero-order valence-corrected chi connectivity index (χ0v) is 13.6. The first-order chi connectivity index (χ1) is 10.1. The molecule has 0 aliphatic rings. The summed E-state index contributed by atoms with van der Waals surface area (Å²) in [6.07, 6.45) is 5.07. The van der Waals surface area contributed by atoms with Crippen LogP contribution in [-0.2, 0) is 12.8 Å². The summed E-state index contributed by atoms with van der Waals surface area (Å²) in [6.45, 7) is 8.47. The van der Waals surface area contributed by atoms with Crippen LogP contribution in [0.2, 0.25) is 0 Å². The zero-order chi connectivity index (χ0) is 15.4. The molecule has 3 nitrogen and oxygen atoms in total. The number of hydrogen-bond acceptors (Lipinski definition) is 1. The molecule has 0 fully saturated rings. The van der Waals surface area contributed by atoms with Gasteiger partial charge in [-0.3, -0.25) is 9.89 Å². The molecule has 1 N–H and O–H groups in total. The number of nitrogens with zero attached hydrogens (tertiary/aromatic N) is 1. The minimum absolute atomic E-state index is 0.117. The zero-order valence-electron chi connectivity index (χ0n) is 13.6. The fourth-order valence-corrected chi connectivity index (χ4v) is 2.63. The monoisotopic (exact) mass is 286 g/mol. The van der Waals surface area contributed by atoms with Gasteiger partial charge in [-0.1, -0.05) is 32.8 Å². The molecule has 0 unspecified atom stereocenters. The number of hydrogen-bond donors (Lipinski definition) is 1. The number of unbranched alkanes of at least 4 members (excludes halogenated alkanes) is 1. The van der Waals surface area contributed by atoms with Gasteiger partial charge in [0.1, 0.15) is 0 Å². The first-order valence-corrected chi connectivity index (χ1v) is 7.98. The first-order valence-electron chi connectivity index (χ1n) is 7.98. The molecule has 2 aromatic rings. The van der Waals surface area contributed by atoms with Gasteiger partial charge in [0.15, 0.2) is 0 Å². The fraction of sp³-hybridized carbons (Fsp3) is 0.500. The van der Waals surface area contributed by atoms with Gasteiger partial charge >= 0.3 is 0 Å². The number of aromatic nitrogens is 2. The maximum atomic E-state index is 12.7. The second-order valence-corrected chi connectivity index (χ2v) is 5.83. The van der Waals surface area contributed by atoms with E-state index in [2.05, 4.69) is 44.9 Å². The van der Waals surface area contributed by atoms with Gasteiger partial charge in [-0.2, -0.15) is 0 Å². The number of benzene rings is 1. The van der Waals surface area contributed by atoms with Crippen molar-refractivity contribution < 1.29 is 0 Å². The minimum Gasteiger partial charge on any atom is -0.295 e. The Morgan fingerprint density at radius 2 is 1.81 bits per heavy atom. The SMILES string of the molecule is CCCCc1[nH]n(-c2ccc(C)c(C)c2)c(=O)c1CCC. The molecule has 1 aromatic heterocycles. The molecule has 0 radical (unpaired) electrons. The van der Waals surface area contributed by atoms with Crippen LogP contribution in [0.1, 0.15) is 55.5 Å². The molecule has 1 heterocycles. The molecule has 0 aliphatic carbocycles. The van der Waals surface area contributed by atoms with E-state index >= 15 is 0 Å². The highest BCUT2D eigenvalue weighted by molar-refractivity contribution is 5.40. The molecule has 1 aromatic carbocycles. The highest BCUT2D eigenvalue weighted by Gasteiger charge is 2.14. The molecule has 114 valence electrons. The van der Waals surface area contributed by atoms with Crippen LogP contribution in [0, 0.1) is 13.8 Å². The Hall–Kier alpha value is -1.77. The summed E-state index contributed by atoms with van der Waals surface area (Å²) in [5.41, 5.74) is 5.58. The Bertz CT molecular complexity index is 664. The normalized spacial score (nSPS) is 11.0. The second-order valence-electron chi connectivity index (χ2n) is 5.83. The summed E-state index contributed by atoms with van der Waals surface area (Å²) in [7, 11) is 0. The van der Waals surface area contributed by atoms with E-state index in [4.69, 9.17) is 0 Å². The number of rotatable bonds is 6. The lowest BCUT2D eigenvalue weighted by Crippen LogP contribution is -2.17.